The second-order valence-electron chi connectivity index (χ2n) is 7.37. The number of hydrogen-bond acceptors (Lipinski definition) is 5. The molecule has 0 bridgehead atoms. The molecular formula is C22H23FN4O3. The number of nitrogens with one attached hydrogen (secondary N) is 2. The molecule has 0 aliphatic heterocycles. The summed E-state index contributed by atoms with van der Waals surface area (Å²) in [4.78, 5) is 33.6. The van der Waals surface area contributed by atoms with Gasteiger partial charge < -0.3 is 15.1 Å². The van der Waals surface area contributed by atoms with E-state index in [-0.39, 0.29) is 23.1 Å². The molecule has 0 saturated carbocycles. The third-order valence-corrected chi connectivity index (χ3v) is 4.47. The van der Waals surface area contributed by atoms with Gasteiger partial charge in [-0.15, -0.1) is 0 Å². The molecule has 156 valence electrons. The van der Waals surface area contributed by atoms with Crippen molar-refractivity contribution in [1.29, 1.82) is 0 Å². The van der Waals surface area contributed by atoms with Crippen LogP contribution in [0.25, 0.3) is 0 Å². The minimum atomic E-state index is -0.596. The highest BCUT2D eigenvalue weighted by Crippen LogP contribution is 2.24. The second-order valence-corrected chi connectivity index (χ2v) is 7.37. The quantitative estimate of drug-likeness (QED) is 0.635. The van der Waals surface area contributed by atoms with Crippen LogP contribution >= 0.6 is 0 Å². The van der Waals surface area contributed by atoms with Crippen molar-refractivity contribution in [2.45, 2.75) is 33.7 Å². The van der Waals surface area contributed by atoms with Crippen molar-refractivity contribution < 1.29 is 18.4 Å². The van der Waals surface area contributed by atoms with E-state index in [4.69, 9.17) is 4.42 Å². The van der Waals surface area contributed by atoms with Crippen LogP contribution in [0, 0.1) is 25.6 Å². The summed E-state index contributed by atoms with van der Waals surface area (Å²) in [6, 6.07) is 6.60. The molecule has 2 N–H and O–H groups in total. The van der Waals surface area contributed by atoms with Gasteiger partial charge >= 0.3 is 0 Å². The molecule has 0 aliphatic rings. The van der Waals surface area contributed by atoms with Gasteiger partial charge in [-0.3, -0.25) is 14.6 Å². The standard InChI is InChI=1S/C22H23FN4O3/c1-12(2)18(26-20(28)15-6-5-7-16(23)9-15)22-27-19(14(4)30-22)21(29)25-17-8-13(3)10-24-11-17/h5-12,18H,1-4H3,(H,25,29)(H,26,28)/t18-/m1/s1. The fraction of sp³-hybridized carbons (Fsp3) is 0.273. The average molecular weight is 410 g/mol. The van der Waals surface area contributed by atoms with Gasteiger partial charge in [-0.1, -0.05) is 19.9 Å². The monoisotopic (exact) mass is 410 g/mol. The number of aromatic nitrogens is 2. The van der Waals surface area contributed by atoms with Crippen molar-refractivity contribution in [2.75, 3.05) is 5.32 Å². The largest absolute Gasteiger partial charge is 0.443 e. The van der Waals surface area contributed by atoms with E-state index < -0.39 is 23.7 Å². The van der Waals surface area contributed by atoms with E-state index in [0.717, 1.165) is 11.6 Å². The summed E-state index contributed by atoms with van der Waals surface area (Å²) in [5.41, 5.74) is 1.76. The minimum Gasteiger partial charge on any atom is -0.443 e. The number of halogens is 1. The Morgan fingerprint density at radius 2 is 1.87 bits per heavy atom. The van der Waals surface area contributed by atoms with E-state index in [1.807, 2.05) is 20.8 Å². The number of anilines is 1. The summed E-state index contributed by atoms with van der Waals surface area (Å²) in [6.45, 7) is 7.27. The Morgan fingerprint density at radius 1 is 1.10 bits per heavy atom. The molecule has 2 heterocycles. The molecule has 3 rings (SSSR count). The van der Waals surface area contributed by atoms with Crippen LogP contribution in [0.3, 0.4) is 0 Å². The van der Waals surface area contributed by atoms with Crippen molar-refractivity contribution in [3.63, 3.8) is 0 Å². The van der Waals surface area contributed by atoms with Gasteiger partial charge in [-0.05, 0) is 49.6 Å². The number of pyridine rings is 1. The van der Waals surface area contributed by atoms with Gasteiger partial charge in [0.2, 0.25) is 5.89 Å². The Morgan fingerprint density at radius 3 is 2.53 bits per heavy atom. The molecule has 30 heavy (non-hydrogen) atoms. The fourth-order valence-electron chi connectivity index (χ4n) is 2.94. The lowest BCUT2D eigenvalue weighted by atomic mass is 10.0. The summed E-state index contributed by atoms with van der Waals surface area (Å²) in [7, 11) is 0. The summed E-state index contributed by atoms with van der Waals surface area (Å²) < 4.78 is 19.1. The lowest BCUT2D eigenvalue weighted by Gasteiger charge is -2.19. The number of carbonyl (C=O) groups is 2. The SMILES string of the molecule is Cc1cncc(NC(=O)c2nc([C@H](NC(=O)c3cccc(F)c3)C(C)C)oc2C)c1. The summed E-state index contributed by atoms with van der Waals surface area (Å²) >= 11 is 0. The first-order valence-electron chi connectivity index (χ1n) is 9.51. The lowest BCUT2D eigenvalue weighted by molar-refractivity contribution is 0.0915. The number of rotatable bonds is 6. The Labute approximate surface area is 173 Å². The highest BCUT2D eigenvalue weighted by Gasteiger charge is 2.27. The third-order valence-electron chi connectivity index (χ3n) is 4.47. The van der Waals surface area contributed by atoms with Crippen LogP contribution in [0.15, 0.2) is 47.1 Å². The van der Waals surface area contributed by atoms with Crippen LogP contribution in [0.1, 0.15) is 58.0 Å². The van der Waals surface area contributed by atoms with Gasteiger partial charge in [0, 0.05) is 11.8 Å². The number of carbonyl (C=O) groups excluding carboxylic acids is 2. The van der Waals surface area contributed by atoms with Crippen LogP contribution in [0.2, 0.25) is 0 Å². The van der Waals surface area contributed by atoms with Crippen molar-refractivity contribution in [2.24, 2.45) is 5.92 Å². The number of hydrogen-bond donors (Lipinski definition) is 2. The number of aryl methyl sites for hydroxylation is 2. The van der Waals surface area contributed by atoms with Crippen LogP contribution in [-0.4, -0.2) is 21.8 Å². The van der Waals surface area contributed by atoms with Gasteiger partial charge in [-0.2, -0.15) is 0 Å². The maximum absolute atomic E-state index is 13.4. The van der Waals surface area contributed by atoms with Gasteiger partial charge in [0.25, 0.3) is 11.8 Å². The number of amides is 2. The Kier molecular flexibility index (Phi) is 6.25. The molecule has 7 nitrogen and oxygen atoms in total. The molecule has 0 spiro atoms. The first kappa shape index (κ1) is 21.2. The molecule has 8 heteroatoms. The highest BCUT2D eigenvalue weighted by molar-refractivity contribution is 6.03. The van der Waals surface area contributed by atoms with Gasteiger partial charge in [0.15, 0.2) is 5.69 Å². The van der Waals surface area contributed by atoms with Crippen LogP contribution in [-0.2, 0) is 0 Å². The Bertz CT molecular complexity index is 1080. The predicted octanol–water partition coefficient (Wildman–Crippen LogP) is 4.20. The smallest absolute Gasteiger partial charge is 0.277 e. The van der Waals surface area contributed by atoms with E-state index in [1.54, 1.807) is 19.2 Å². The molecule has 0 unspecified atom stereocenters. The summed E-state index contributed by atoms with van der Waals surface area (Å²) in [6.07, 6.45) is 3.22. The van der Waals surface area contributed by atoms with E-state index in [9.17, 15) is 14.0 Å². The number of nitrogens with zero attached hydrogens (tertiary/aromatic N) is 2. The average Bonchev–Trinajstić information content (AvgIpc) is 3.07. The molecule has 0 aliphatic carbocycles. The molecular weight excluding hydrogens is 387 g/mol. The maximum atomic E-state index is 13.4. The Hall–Kier alpha value is -3.55. The first-order chi connectivity index (χ1) is 14.2. The molecule has 0 saturated heterocycles. The molecule has 2 aromatic heterocycles. The number of oxazole rings is 1. The zero-order valence-electron chi connectivity index (χ0n) is 17.2. The van der Waals surface area contributed by atoms with Crippen LogP contribution in [0.4, 0.5) is 10.1 Å². The zero-order chi connectivity index (χ0) is 21.8. The van der Waals surface area contributed by atoms with E-state index in [0.29, 0.717) is 11.4 Å². The molecule has 3 aromatic rings. The van der Waals surface area contributed by atoms with Crippen LogP contribution < -0.4 is 10.6 Å². The number of benzene rings is 1. The van der Waals surface area contributed by atoms with Crippen molar-refractivity contribution in [3.8, 4) is 0 Å². The zero-order valence-corrected chi connectivity index (χ0v) is 17.2. The fourth-order valence-corrected chi connectivity index (χ4v) is 2.94. The van der Waals surface area contributed by atoms with E-state index >= 15 is 0 Å². The molecule has 1 atom stereocenters. The van der Waals surface area contributed by atoms with Crippen molar-refractivity contribution in [1.82, 2.24) is 15.3 Å². The predicted molar refractivity (Wildman–Crippen MR) is 110 cm³/mol. The molecule has 2 amide bonds. The second kappa shape index (κ2) is 8.86. The van der Waals surface area contributed by atoms with Crippen LogP contribution in [0.5, 0.6) is 0 Å². The van der Waals surface area contributed by atoms with E-state index in [2.05, 4.69) is 20.6 Å². The normalized spacial score (nSPS) is 11.9. The van der Waals surface area contributed by atoms with Gasteiger partial charge in [0.05, 0.1) is 11.9 Å². The Balaban J connectivity index is 1.81. The highest BCUT2D eigenvalue weighted by atomic mass is 19.1. The van der Waals surface area contributed by atoms with Gasteiger partial charge in [0.1, 0.15) is 17.6 Å². The topological polar surface area (TPSA) is 97.1 Å². The van der Waals surface area contributed by atoms with Gasteiger partial charge in [-0.25, -0.2) is 9.37 Å². The summed E-state index contributed by atoms with van der Waals surface area (Å²) in [5.74, 6) is -0.943. The van der Waals surface area contributed by atoms with Crippen molar-refractivity contribution in [3.05, 3.63) is 77.0 Å². The third kappa shape index (κ3) is 4.89. The van der Waals surface area contributed by atoms with E-state index in [1.165, 1.54) is 24.4 Å². The molecule has 1 aromatic carbocycles. The summed E-state index contributed by atoms with van der Waals surface area (Å²) in [5, 5.41) is 5.55. The van der Waals surface area contributed by atoms with Crippen molar-refractivity contribution >= 4 is 17.5 Å². The molecule has 0 radical (unpaired) electrons. The first-order valence-corrected chi connectivity index (χ1v) is 9.51. The lowest BCUT2D eigenvalue weighted by Crippen LogP contribution is -2.32. The molecule has 0 fully saturated rings. The minimum absolute atomic E-state index is 0.0857. The maximum Gasteiger partial charge on any atom is 0.277 e.